The molecular weight excluding hydrogens is 502 g/mol. The molecule has 2 aliphatic heterocycles. The first-order valence-electron chi connectivity index (χ1n) is 11.3. The molecule has 1 amide bonds. The van der Waals surface area contributed by atoms with Crippen LogP contribution in [0.25, 0.3) is 0 Å². The molecule has 11 heteroatoms. The van der Waals surface area contributed by atoms with E-state index in [4.69, 9.17) is 16.3 Å². The molecular formula is C24H27ClF2N2O5S. The summed E-state index contributed by atoms with van der Waals surface area (Å²) in [6.45, 7) is 2.09. The normalized spacial score (nSPS) is 17.9. The summed E-state index contributed by atoms with van der Waals surface area (Å²) in [5, 5.41) is 9.99. The number of halogens is 3. The average Bonchev–Trinajstić information content (AvgIpc) is 3.02. The van der Waals surface area contributed by atoms with Gasteiger partial charge in [0.2, 0.25) is 5.91 Å². The number of anilines is 1. The number of alkyl halides is 2. The molecule has 0 aromatic heterocycles. The van der Waals surface area contributed by atoms with Gasteiger partial charge in [-0.3, -0.25) is 9.69 Å². The Balaban J connectivity index is 1.40. The fraction of sp³-hybridized carbons (Fsp3) is 0.458. The van der Waals surface area contributed by atoms with Crippen LogP contribution in [-0.4, -0.2) is 70.0 Å². The molecule has 0 bridgehead atoms. The second kappa shape index (κ2) is 10.0. The lowest BCUT2D eigenvalue weighted by Gasteiger charge is -2.38. The number of rotatable bonds is 8. The monoisotopic (exact) mass is 528 g/mol. The number of amides is 1. The van der Waals surface area contributed by atoms with Crippen LogP contribution in [0.4, 0.5) is 14.5 Å². The number of β-amino-alcohol motifs (C(OH)–C–C–N with tert-alkyl or cyclic N) is 1. The van der Waals surface area contributed by atoms with Gasteiger partial charge in [0.1, 0.15) is 12.4 Å². The Labute approximate surface area is 208 Å². The summed E-state index contributed by atoms with van der Waals surface area (Å²) in [5.41, 5.74) is 0.428. The van der Waals surface area contributed by atoms with E-state index < -0.39 is 32.1 Å². The number of nitrogens with zero attached hydrogens (tertiary/aromatic N) is 2. The summed E-state index contributed by atoms with van der Waals surface area (Å²) < 4.78 is 55.8. The Morgan fingerprint density at radius 3 is 2.49 bits per heavy atom. The predicted octanol–water partition coefficient (Wildman–Crippen LogP) is 3.43. The zero-order valence-corrected chi connectivity index (χ0v) is 20.8. The van der Waals surface area contributed by atoms with Crippen LogP contribution < -0.4 is 9.64 Å². The van der Waals surface area contributed by atoms with E-state index in [0.29, 0.717) is 37.5 Å². The van der Waals surface area contributed by atoms with Crippen molar-refractivity contribution in [3.05, 3.63) is 52.5 Å². The first kappa shape index (κ1) is 25.8. The minimum atomic E-state index is -3.78. The minimum Gasteiger partial charge on any atom is -0.492 e. The van der Waals surface area contributed by atoms with Gasteiger partial charge in [-0.1, -0.05) is 11.6 Å². The number of carbonyl (C=O) groups is 1. The molecule has 1 spiro atoms. The highest BCUT2D eigenvalue weighted by Crippen LogP contribution is 2.48. The lowest BCUT2D eigenvalue weighted by Crippen LogP contribution is -2.49. The van der Waals surface area contributed by atoms with Crippen molar-refractivity contribution in [2.24, 2.45) is 0 Å². The topological polar surface area (TPSA) is 87.2 Å². The highest BCUT2D eigenvalue weighted by molar-refractivity contribution is 7.90. The number of aliphatic hydroxyl groups excluding tert-OH is 1. The van der Waals surface area contributed by atoms with E-state index in [0.717, 1.165) is 29.6 Å². The molecule has 1 N–H and O–H groups in total. The third kappa shape index (κ3) is 5.02. The largest absolute Gasteiger partial charge is 0.492 e. The van der Waals surface area contributed by atoms with E-state index in [-0.39, 0.29) is 31.4 Å². The molecule has 7 nitrogen and oxygen atoms in total. The van der Waals surface area contributed by atoms with Crippen molar-refractivity contribution in [2.75, 3.05) is 50.5 Å². The van der Waals surface area contributed by atoms with Gasteiger partial charge >= 0.3 is 0 Å². The zero-order valence-electron chi connectivity index (χ0n) is 19.2. The Hall–Kier alpha value is -2.27. The molecule has 190 valence electrons. The van der Waals surface area contributed by atoms with Crippen LogP contribution in [0, 0.1) is 0 Å². The van der Waals surface area contributed by atoms with Gasteiger partial charge in [-0.05, 0) is 67.9 Å². The molecule has 2 aliphatic rings. The van der Waals surface area contributed by atoms with Crippen molar-refractivity contribution in [1.29, 1.82) is 0 Å². The number of benzene rings is 2. The Bertz CT molecular complexity index is 1220. The molecule has 35 heavy (non-hydrogen) atoms. The van der Waals surface area contributed by atoms with Crippen molar-refractivity contribution in [1.82, 2.24) is 4.90 Å². The van der Waals surface area contributed by atoms with Crippen LogP contribution >= 0.6 is 11.6 Å². The molecule has 2 aromatic rings. The molecule has 0 radical (unpaired) electrons. The first-order valence-corrected chi connectivity index (χ1v) is 13.5. The van der Waals surface area contributed by atoms with Crippen LogP contribution in [0.5, 0.6) is 5.75 Å². The molecule has 2 heterocycles. The van der Waals surface area contributed by atoms with Crippen molar-refractivity contribution < 1.29 is 31.8 Å². The molecule has 0 saturated carbocycles. The molecule has 2 aromatic carbocycles. The summed E-state index contributed by atoms with van der Waals surface area (Å²) in [5.74, 6) is 0.153. The maximum atomic E-state index is 13.4. The third-order valence-corrected chi connectivity index (χ3v) is 8.15. The van der Waals surface area contributed by atoms with Gasteiger partial charge in [0.25, 0.3) is 6.43 Å². The van der Waals surface area contributed by atoms with Crippen molar-refractivity contribution >= 4 is 33.0 Å². The average molecular weight is 529 g/mol. The van der Waals surface area contributed by atoms with Crippen LogP contribution in [0.2, 0.25) is 5.02 Å². The third-order valence-electron chi connectivity index (χ3n) is 6.74. The first-order chi connectivity index (χ1) is 16.6. The van der Waals surface area contributed by atoms with E-state index in [1.807, 2.05) is 12.1 Å². The van der Waals surface area contributed by atoms with Gasteiger partial charge in [-0.25, -0.2) is 17.2 Å². The lowest BCUT2D eigenvalue weighted by atomic mass is 9.73. The van der Waals surface area contributed by atoms with Gasteiger partial charge in [0.05, 0.1) is 16.9 Å². The number of sulfone groups is 1. The SMILES string of the molecule is CS(=O)(=O)c1ccc(OCCN2CCC3(CC2)C(=O)N(CCO)c2ccc(Cl)cc23)cc1C(F)F. The van der Waals surface area contributed by atoms with E-state index in [2.05, 4.69) is 4.90 Å². The van der Waals surface area contributed by atoms with Crippen molar-refractivity contribution in [3.63, 3.8) is 0 Å². The number of hydrogen-bond acceptors (Lipinski definition) is 6. The molecule has 0 unspecified atom stereocenters. The number of likely N-dealkylation sites (tertiary alicyclic amines) is 1. The Kier molecular flexibility index (Phi) is 7.38. The van der Waals surface area contributed by atoms with Crippen LogP contribution in [0.1, 0.15) is 30.4 Å². The highest BCUT2D eigenvalue weighted by atomic mass is 35.5. The molecule has 1 fully saturated rings. The number of piperidine rings is 1. The smallest absolute Gasteiger partial charge is 0.265 e. The maximum Gasteiger partial charge on any atom is 0.265 e. The summed E-state index contributed by atoms with van der Waals surface area (Å²) in [4.78, 5) is 16.7. The number of carbonyl (C=O) groups excluding carboxylic acids is 1. The quantitative estimate of drug-likeness (QED) is 0.565. The van der Waals surface area contributed by atoms with Crippen molar-refractivity contribution in [3.8, 4) is 5.75 Å². The number of aliphatic hydroxyl groups is 1. The summed E-state index contributed by atoms with van der Waals surface area (Å²) >= 11 is 6.23. The summed E-state index contributed by atoms with van der Waals surface area (Å²) in [7, 11) is -3.78. The van der Waals surface area contributed by atoms with Crippen LogP contribution in [-0.2, 0) is 20.0 Å². The number of hydrogen-bond donors (Lipinski definition) is 1. The van der Waals surface area contributed by atoms with Crippen LogP contribution in [0.15, 0.2) is 41.3 Å². The lowest BCUT2D eigenvalue weighted by molar-refractivity contribution is -0.125. The second-order valence-electron chi connectivity index (χ2n) is 8.89. The predicted molar refractivity (Wildman–Crippen MR) is 128 cm³/mol. The standard InChI is InChI=1S/C24H27ClF2N2O5S/c1-35(32,33)21-5-3-17(15-18(21)22(26)27)34-13-11-28-8-6-24(7-9-28)19-14-16(25)2-4-20(19)29(10-12-30)23(24)31/h2-5,14-15,22,30H,6-13H2,1H3. The zero-order chi connectivity index (χ0) is 25.4. The highest BCUT2D eigenvalue weighted by Gasteiger charge is 2.51. The van der Waals surface area contributed by atoms with Gasteiger partial charge in [-0.2, -0.15) is 0 Å². The van der Waals surface area contributed by atoms with Crippen molar-refractivity contribution in [2.45, 2.75) is 29.6 Å². The van der Waals surface area contributed by atoms with Gasteiger partial charge in [0, 0.05) is 35.6 Å². The van der Waals surface area contributed by atoms with Gasteiger partial charge in [-0.15, -0.1) is 0 Å². The Morgan fingerprint density at radius 1 is 1.14 bits per heavy atom. The summed E-state index contributed by atoms with van der Waals surface area (Å²) in [6, 6.07) is 8.99. The minimum absolute atomic E-state index is 0.0230. The van der Waals surface area contributed by atoms with E-state index in [1.165, 1.54) is 6.07 Å². The second-order valence-corrected chi connectivity index (χ2v) is 11.3. The summed E-state index contributed by atoms with van der Waals surface area (Å²) in [6.07, 6.45) is -0.880. The maximum absolute atomic E-state index is 13.4. The number of fused-ring (bicyclic) bond motifs is 2. The fourth-order valence-corrected chi connectivity index (χ4v) is 6.05. The number of ether oxygens (including phenoxy) is 1. The van der Waals surface area contributed by atoms with E-state index >= 15 is 0 Å². The molecule has 0 atom stereocenters. The molecule has 0 aliphatic carbocycles. The molecule has 1 saturated heterocycles. The van der Waals surface area contributed by atoms with Gasteiger partial charge in [0.15, 0.2) is 9.84 Å². The van der Waals surface area contributed by atoms with E-state index in [1.54, 1.807) is 11.0 Å². The Morgan fingerprint density at radius 2 is 1.86 bits per heavy atom. The molecule has 4 rings (SSSR count). The van der Waals surface area contributed by atoms with Crippen LogP contribution in [0.3, 0.4) is 0 Å². The fourth-order valence-electron chi connectivity index (χ4n) is 4.99. The van der Waals surface area contributed by atoms with Gasteiger partial charge < -0.3 is 14.7 Å². The van der Waals surface area contributed by atoms with E-state index in [9.17, 15) is 27.1 Å².